The van der Waals surface area contributed by atoms with E-state index in [-0.39, 0.29) is 17.8 Å². The molecule has 1 amide bonds. The van der Waals surface area contributed by atoms with Gasteiger partial charge in [-0.15, -0.1) is 0 Å². The zero-order chi connectivity index (χ0) is 22.2. The van der Waals surface area contributed by atoms with Crippen molar-refractivity contribution >= 4 is 16.9 Å². The van der Waals surface area contributed by atoms with E-state index in [2.05, 4.69) is 35.9 Å². The Hall–Kier alpha value is -3.47. The van der Waals surface area contributed by atoms with Gasteiger partial charge in [-0.05, 0) is 73.2 Å². The molecule has 5 rings (SSSR count). The average molecular weight is 428 g/mol. The number of amides is 1. The van der Waals surface area contributed by atoms with Crippen molar-refractivity contribution in [3.63, 3.8) is 0 Å². The first-order valence-electron chi connectivity index (χ1n) is 11.1. The summed E-state index contributed by atoms with van der Waals surface area (Å²) in [5.41, 5.74) is 5.99. The third-order valence-corrected chi connectivity index (χ3v) is 6.20. The quantitative estimate of drug-likeness (QED) is 0.457. The number of hydrogen-bond acceptors (Lipinski definition) is 2. The van der Waals surface area contributed by atoms with Gasteiger partial charge in [-0.2, -0.15) is 0 Å². The van der Waals surface area contributed by atoms with Crippen molar-refractivity contribution in [2.45, 2.75) is 45.2 Å². The molecule has 4 nitrogen and oxygen atoms in total. The number of hydrogen-bond donors (Lipinski definition) is 1. The number of aryl methyl sites for hydroxylation is 2. The highest BCUT2D eigenvalue weighted by Gasteiger charge is 2.32. The summed E-state index contributed by atoms with van der Waals surface area (Å²) in [7, 11) is 0. The van der Waals surface area contributed by atoms with Gasteiger partial charge in [0.25, 0.3) is 0 Å². The van der Waals surface area contributed by atoms with Gasteiger partial charge in [0.2, 0.25) is 5.91 Å². The smallest absolute Gasteiger partial charge is 0.247 e. The van der Waals surface area contributed by atoms with Crippen LogP contribution in [0.2, 0.25) is 0 Å². The van der Waals surface area contributed by atoms with Gasteiger partial charge in [-0.1, -0.05) is 42.5 Å². The van der Waals surface area contributed by atoms with E-state index >= 15 is 0 Å². The monoisotopic (exact) mass is 427 g/mol. The van der Waals surface area contributed by atoms with Gasteiger partial charge in [0, 0.05) is 12.5 Å². The second-order valence-corrected chi connectivity index (χ2v) is 8.72. The molecule has 0 saturated heterocycles. The zero-order valence-electron chi connectivity index (χ0n) is 18.3. The van der Waals surface area contributed by atoms with E-state index in [4.69, 9.17) is 4.98 Å². The molecule has 1 fully saturated rings. The summed E-state index contributed by atoms with van der Waals surface area (Å²) >= 11 is 0. The third kappa shape index (κ3) is 4.03. The summed E-state index contributed by atoms with van der Waals surface area (Å²) in [5, 5.41) is 3.19. The van der Waals surface area contributed by atoms with E-state index in [0.717, 1.165) is 52.0 Å². The summed E-state index contributed by atoms with van der Waals surface area (Å²) in [5.74, 6) is 0.507. The Labute approximate surface area is 187 Å². The fraction of sp³-hybridized carbons (Fsp3) is 0.259. The average Bonchev–Trinajstić information content (AvgIpc) is 3.54. The van der Waals surface area contributed by atoms with Crippen molar-refractivity contribution < 1.29 is 9.18 Å². The van der Waals surface area contributed by atoms with Gasteiger partial charge in [0.1, 0.15) is 17.7 Å². The Morgan fingerprint density at radius 2 is 1.75 bits per heavy atom. The summed E-state index contributed by atoms with van der Waals surface area (Å²) in [6.07, 6.45) is 2.56. The van der Waals surface area contributed by atoms with Gasteiger partial charge < -0.3 is 9.88 Å². The van der Waals surface area contributed by atoms with Crippen LogP contribution in [0.3, 0.4) is 0 Å². The number of fused-ring (bicyclic) bond motifs is 1. The fourth-order valence-electron chi connectivity index (χ4n) is 4.16. The van der Waals surface area contributed by atoms with Crippen LogP contribution >= 0.6 is 0 Å². The summed E-state index contributed by atoms with van der Waals surface area (Å²) in [4.78, 5) is 18.5. The number of aromatic nitrogens is 2. The maximum absolute atomic E-state index is 13.5. The van der Waals surface area contributed by atoms with Gasteiger partial charge in [-0.25, -0.2) is 9.37 Å². The lowest BCUT2D eigenvalue weighted by Crippen LogP contribution is -2.35. The maximum atomic E-state index is 13.5. The van der Waals surface area contributed by atoms with E-state index < -0.39 is 6.04 Å². The second-order valence-electron chi connectivity index (χ2n) is 8.72. The number of rotatable bonds is 6. The Bertz CT molecular complexity index is 1270. The first-order valence-corrected chi connectivity index (χ1v) is 11.1. The Balaban J connectivity index is 1.69. The van der Waals surface area contributed by atoms with Gasteiger partial charge in [0.05, 0.1) is 11.0 Å². The molecule has 0 bridgehead atoms. The molecule has 1 aromatic heterocycles. The molecule has 1 atom stereocenters. The molecule has 0 radical (unpaired) electrons. The molecular formula is C27H26FN3O. The minimum atomic E-state index is -0.528. The number of imidazole rings is 1. The van der Waals surface area contributed by atoms with E-state index in [1.54, 1.807) is 12.1 Å². The van der Waals surface area contributed by atoms with Crippen LogP contribution in [0.25, 0.3) is 11.0 Å². The highest BCUT2D eigenvalue weighted by Crippen LogP contribution is 2.31. The first kappa shape index (κ1) is 20.4. The molecule has 0 spiro atoms. The predicted molar refractivity (Wildman–Crippen MR) is 124 cm³/mol. The van der Waals surface area contributed by atoms with Crippen molar-refractivity contribution in [2.24, 2.45) is 0 Å². The predicted octanol–water partition coefficient (Wildman–Crippen LogP) is 5.25. The van der Waals surface area contributed by atoms with Gasteiger partial charge in [0.15, 0.2) is 0 Å². The molecule has 3 aromatic carbocycles. The molecule has 1 saturated carbocycles. The van der Waals surface area contributed by atoms with Crippen molar-refractivity contribution in [1.29, 1.82) is 0 Å². The lowest BCUT2D eigenvalue weighted by atomic mass is 10.0. The van der Waals surface area contributed by atoms with Crippen molar-refractivity contribution in [3.05, 3.63) is 101 Å². The number of nitrogens with one attached hydrogen (secondary N) is 1. The largest absolute Gasteiger partial charge is 0.351 e. The zero-order valence-corrected chi connectivity index (χ0v) is 18.3. The van der Waals surface area contributed by atoms with Crippen molar-refractivity contribution in [1.82, 2.24) is 14.9 Å². The second kappa shape index (κ2) is 8.23. The van der Waals surface area contributed by atoms with E-state index in [1.165, 1.54) is 12.1 Å². The van der Waals surface area contributed by atoms with Crippen LogP contribution in [0.5, 0.6) is 0 Å². The summed E-state index contributed by atoms with van der Waals surface area (Å²) in [6, 6.07) is 20.3. The lowest BCUT2D eigenvalue weighted by Gasteiger charge is -2.22. The molecule has 1 aliphatic carbocycles. The summed E-state index contributed by atoms with van der Waals surface area (Å²) < 4.78 is 15.5. The first-order chi connectivity index (χ1) is 15.5. The van der Waals surface area contributed by atoms with Crippen LogP contribution in [-0.4, -0.2) is 21.5 Å². The molecule has 1 heterocycles. The van der Waals surface area contributed by atoms with Crippen molar-refractivity contribution in [2.75, 3.05) is 0 Å². The summed E-state index contributed by atoms with van der Waals surface area (Å²) in [6.45, 7) is 4.15. The van der Waals surface area contributed by atoms with E-state index in [1.807, 2.05) is 30.3 Å². The number of carbonyl (C=O) groups excluding carboxylic acids is 1. The number of halogens is 1. The van der Waals surface area contributed by atoms with Crippen LogP contribution in [-0.2, 0) is 11.2 Å². The standard InChI is InChI=1S/C27H26FN3O/c1-17-14-23-24(15-18(17)2)31(25(30-23)16-19-8-10-21(28)11-9-19)26(20-6-4-3-5-7-20)27(32)29-22-12-13-22/h3-11,14-15,22,26H,12-13,16H2,1-2H3,(H,29,32)/t26-/m1/s1. The molecule has 5 heteroatoms. The lowest BCUT2D eigenvalue weighted by molar-refractivity contribution is -0.123. The molecule has 1 N–H and O–H groups in total. The highest BCUT2D eigenvalue weighted by molar-refractivity contribution is 5.88. The Morgan fingerprint density at radius 3 is 2.44 bits per heavy atom. The Morgan fingerprint density at radius 1 is 1.06 bits per heavy atom. The van der Waals surface area contributed by atoms with Crippen LogP contribution in [0.4, 0.5) is 4.39 Å². The van der Waals surface area contributed by atoms with Crippen LogP contribution in [0, 0.1) is 19.7 Å². The molecule has 32 heavy (non-hydrogen) atoms. The molecular weight excluding hydrogens is 401 g/mol. The van der Waals surface area contributed by atoms with Crippen molar-refractivity contribution in [3.8, 4) is 0 Å². The molecule has 0 unspecified atom stereocenters. The van der Waals surface area contributed by atoms with Crippen LogP contribution < -0.4 is 5.32 Å². The minimum Gasteiger partial charge on any atom is -0.351 e. The minimum absolute atomic E-state index is 0.0171. The Kier molecular flexibility index (Phi) is 5.25. The third-order valence-electron chi connectivity index (χ3n) is 6.20. The number of benzene rings is 3. The SMILES string of the molecule is Cc1cc2nc(Cc3ccc(F)cc3)n([C@@H](C(=O)NC3CC3)c3ccccc3)c2cc1C. The molecule has 4 aromatic rings. The van der Waals surface area contributed by atoms with Crippen LogP contribution in [0.1, 0.15) is 47.0 Å². The normalized spacial score (nSPS) is 14.5. The maximum Gasteiger partial charge on any atom is 0.247 e. The highest BCUT2D eigenvalue weighted by atomic mass is 19.1. The fourth-order valence-corrected chi connectivity index (χ4v) is 4.16. The van der Waals surface area contributed by atoms with E-state index in [9.17, 15) is 9.18 Å². The molecule has 1 aliphatic rings. The van der Waals surface area contributed by atoms with Gasteiger partial charge >= 0.3 is 0 Å². The number of nitrogens with zero attached hydrogens (tertiary/aromatic N) is 2. The molecule has 0 aliphatic heterocycles. The van der Waals surface area contributed by atoms with Crippen LogP contribution in [0.15, 0.2) is 66.7 Å². The molecule has 162 valence electrons. The topological polar surface area (TPSA) is 46.9 Å². The van der Waals surface area contributed by atoms with Gasteiger partial charge in [-0.3, -0.25) is 4.79 Å². The number of carbonyl (C=O) groups is 1. The van der Waals surface area contributed by atoms with E-state index in [0.29, 0.717) is 6.42 Å².